The first kappa shape index (κ1) is 21.5. The van der Waals surface area contributed by atoms with Crippen molar-refractivity contribution in [2.45, 2.75) is 37.7 Å². The van der Waals surface area contributed by atoms with Crippen LogP contribution in [0.5, 0.6) is 0 Å². The van der Waals surface area contributed by atoms with Crippen LogP contribution in [-0.2, 0) is 15.3 Å². The van der Waals surface area contributed by atoms with Gasteiger partial charge in [-0.05, 0) is 44.0 Å². The standard InChI is InChI=1S/C23H23ClN4O2S/c1-4-30-21(29)19-15(3)25-22-26-23(31-13-16-7-11-18(24)12-8-16)27-28(22)20(19)17-9-5-14(2)6-10-17/h5-12,20H,4,13H2,1-3H3,(H,25,26,27)/t20-/m0/s1. The predicted octanol–water partition coefficient (Wildman–Crippen LogP) is 5.38. The fourth-order valence-corrected chi connectivity index (χ4v) is 4.36. The molecule has 1 atom stereocenters. The van der Waals surface area contributed by atoms with Gasteiger partial charge in [-0.25, -0.2) is 9.48 Å². The van der Waals surface area contributed by atoms with E-state index in [0.717, 1.165) is 22.4 Å². The molecule has 3 aromatic rings. The first-order valence-corrected chi connectivity index (χ1v) is 11.4. The predicted molar refractivity (Wildman–Crippen MR) is 123 cm³/mol. The summed E-state index contributed by atoms with van der Waals surface area (Å²) in [5.41, 5.74) is 4.49. The van der Waals surface area contributed by atoms with Crippen LogP contribution in [0.1, 0.15) is 36.6 Å². The van der Waals surface area contributed by atoms with E-state index in [9.17, 15) is 4.79 Å². The molecule has 0 unspecified atom stereocenters. The first-order chi connectivity index (χ1) is 15.0. The fourth-order valence-electron chi connectivity index (χ4n) is 3.45. The maximum absolute atomic E-state index is 12.8. The first-order valence-electron chi connectivity index (χ1n) is 10.0. The van der Waals surface area contributed by atoms with E-state index in [4.69, 9.17) is 21.4 Å². The molecule has 0 fully saturated rings. The van der Waals surface area contributed by atoms with E-state index >= 15 is 0 Å². The minimum atomic E-state index is -0.409. The molecule has 1 N–H and O–H groups in total. The summed E-state index contributed by atoms with van der Waals surface area (Å²) >= 11 is 7.50. The van der Waals surface area contributed by atoms with Crippen LogP contribution in [0, 0.1) is 6.92 Å². The van der Waals surface area contributed by atoms with Crippen molar-refractivity contribution in [2.75, 3.05) is 11.9 Å². The maximum Gasteiger partial charge on any atom is 0.338 e. The number of benzene rings is 2. The number of halogens is 1. The molecule has 1 aliphatic rings. The normalized spacial score (nSPS) is 15.4. The van der Waals surface area contributed by atoms with Crippen LogP contribution < -0.4 is 5.32 Å². The highest BCUT2D eigenvalue weighted by Gasteiger charge is 2.35. The van der Waals surface area contributed by atoms with Gasteiger partial charge in [0.25, 0.3) is 0 Å². The number of anilines is 1. The maximum atomic E-state index is 12.8. The average molecular weight is 455 g/mol. The van der Waals surface area contributed by atoms with E-state index in [1.54, 1.807) is 11.6 Å². The molecule has 0 bridgehead atoms. The third-order valence-electron chi connectivity index (χ3n) is 5.00. The number of aromatic nitrogens is 3. The van der Waals surface area contributed by atoms with Crippen molar-refractivity contribution < 1.29 is 9.53 Å². The fraction of sp³-hybridized carbons (Fsp3) is 0.261. The largest absolute Gasteiger partial charge is 0.463 e. The van der Waals surface area contributed by atoms with Gasteiger partial charge in [-0.15, -0.1) is 5.10 Å². The lowest BCUT2D eigenvalue weighted by molar-refractivity contribution is -0.139. The molecule has 0 saturated heterocycles. The summed E-state index contributed by atoms with van der Waals surface area (Å²) in [7, 11) is 0. The molecule has 1 aliphatic heterocycles. The minimum absolute atomic E-state index is 0.308. The Kier molecular flexibility index (Phi) is 6.34. The Morgan fingerprint density at radius 1 is 1.16 bits per heavy atom. The number of hydrogen-bond donors (Lipinski definition) is 1. The van der Waals surface area contributed by atoms with Crippen molar-refractivity contribution in [1.29, 1.82) is 0 Å². The molecule has 4 rings (SSSR count). The van der Waals surface area contributed by atoms with Crippen molar-refractivity contribution in [3.8, 4) is 0 Å². The van der Waals surface area contributed by atoms with Crippen LogP contribution in [0.3, 0.4) is 0 Å². The summed E-state index contributed by atoms with van der Waals surface area (Å²) in [5.74, 6) is 0.969. The highest BCUT2D eigenvalue weighted by atomic mass is 35.5. The van der Waals surface area contributed by atoms with Crippen molar-refractivity contribution >= 4 is 35.3 Å². The Morgan fingerprint density at radius 3 is 2.55 bits per heavy atom. The molecule has 6 nitrogen and oxygen atoms in total. The monoisotopic (exact) mass is 454 g/mol. The van der Waals surface area contributed by atoms with Gasteiger partial charge in [0.15, 0.2) is 0 Å². The quantitative estimate of drug-likeness (QED) is 0.398. The molecule has 2 aromatic carbocycles. The van der Waals surface area contributed by atoms with E-state index in [2.05, 4.69) is 10.3 Å². The number of carbonyl (C=O) groups is 1. The van der Waals surface area contributed by atoms with Crippen molar-refractivity contribution in [3.05, 3.63) is 81.5 Å². The lowest BCUT2D eigenvalue weighted by Crippen LogP contribution is -2.29. The summed E-state index contributed by atoms with van der Waals surface area (Å²) in [5, 5.41) is 9.30. The Hall–Kier alpha value is -2.77. The van der Waals surface area contributed by atoms with Gasteiger partial charge in [-0.3, -0.25) is 0 Å². The molecule has 0 saturated carbocycles. The number of rotatable bonds is 6. The van der Waals surface area contributed by atoms with Gasteiger partial charge in [0.05, 0.1) is 12.2 Å². The molecule has 2 heterocycles. The van der Waals surface area contributed by atoms with Crippen LogP contribution in [0.4, 0.5) is 5.95 Å². The number of ether oxygens (including phenoxy) is 1. The molecule has 8 heteroatoms. The molecular weight excluding hydrogens is 432 g/mol. The third kappa shape index (κ3) is 4.62. The Morgan fingerprint density at radius 2 is 1.87 bits per heavy atom. The van der Waals surface area contributed by atoms with Crippen LogP contribution in [0.25, 0.3) is 0 Å². The van der Waals surface area contributed by atoms with Gasteiger partial charge < -0.3 is 10.1 Å². The summed E-state index contributed by atoms with van der Waals surface area (Å²) in [4.78, 5) is 17.5. The number of nitrogens with zero attached hydrogens (tertiary/aromatic N) is 3. The van der Waals surface area contributed by atoms with E-state index < -0.39 is 6.04 Å². The average Bonchev–Trinajstić information content (AvgIpc) is 3.15. The summed E-state index contributed by atoms with van der Waals surface area (Å²) < 4.78 is 7.12. The SMILES string of the molecule is CCOC(=O)C1=C(C)Nc2nc(SCc3ccc(Cl)cc3)nn2[C@H]1c1ccc(C)cc1. The molecule has 1 aromatic heterocycles. The lowest BCUT2D eigenvalue weighted by Gasteiger charge is -2.28. The second-order valence-corrected chi connectivity index (χ2v) is 8.65. The number of carbonyl (C=O) groups excluding carboxylic acids is 1. The Labute approximate surface area is 190 Å². The number of esters is 1. The zero-order valence-electron chi connectivity index (χ0n) is 17.6. The number of aryl methyl sites for hydroxylation is 1. The van der Waals surface area contributed by atoms with E-state index in [-0.39, 0.29) is 5.97 Å². The Bertz CT molecular complexity index is 1120. The zero-order valence-corrected chi connectivity index (χ0v) is 19.1. The number of fused-ring (bicyclic) bond motifs is 1. The second kappa shape index (κ2) is 9.16. The third-order valence-corrected chi connectivity index (χ3v) is 6.16. The van der Waals surface area contributed by atoms with Gasteiger partial charge >= 0.3 is 5.97 Å². The van der Waals surface area contributed by atoms with Gasteiger partial charge in [0.1, 0.15) is 6.04 Å². The topological polar surface area (TPSA) is 69.0 Å². The molecule has 0 aliphatic carbocycles. The van der Waals surface area contributed by atoms with Crippen LogP contribution in [0.2, 0.25) is 5.02 Å². The Balaban J connectivity index is 1.67. The van der Waals surface area contributed by atoms with Crippen LogP contribution >= 0.6 is 23.4 Å². The number of allylic oxidation sites excluding steroid dienone is 1. The lowest BCUT2D eigenvalue weighted by atomic mass is 9.95. The highest BCUT2D eigenvalue weighted by molar-refractivity contribution is 7.98. The molecule has 0 radical (unpaired) electrons. The van der Waals surface area contributed by atoms with E-state index in [1.807, 2.05) is 62.4 Å². The highest BCUT2D eigenvalue weighted by Crippen LogP contribution is 2.37. The minimum Gasteiger partial charge on any atom is -0.463 e. The van der Waals surface area contributed by atoms with Gasteiger partial charge in [0.2, 0.25) is 11.1 Å². The van der Waals surface area contributed by atoms with Crippen molar-refractivity contribution in [3.63, 3.8) is 0 Å². The molecule has 0 amide bonds. The summed E-state index contributed by atoms with van der Waals surface area (Å²) in [6.07, 6.45) is 0. The van der Waals surface area contributed by atoms with Gasteiger partial charge in [-0.1, -0.05) is 65.3 Å². The zero-order chi connectivity index (χ0) is 22.0. The molecule has 31 heavy (non-hydrogen) atoms. The molecule has 160 valence electrons. The van der Waals surface area contributed by atoms with Gasteiger partial charge in [-0.2, -0.15) is 4.98 Å². The van der Waals surface area contributed by atoms with Crippen molar-refractivity contribution in [2.24, 2.45) is 0 Å². The second-order valence-electron chi connectivity index (χ2n) is 7.28. The number of hydrogen-bond acceptors (Lipinski definition) is 6. The van der Waals surface area contributed by atoms with Crippen LogP contribution in [-0.4, -0.2) is 27.3 Å². The van der Waals surface area contributed by atoms with E-state index in [1.165, 1.54) is 11.8 Å². The molecule has 0 spiro atoms. The number of thioether (sulfide) groups is 1. The van der Waals surface area contributed by atoms with Crippen LogP contribution in [0.15, 0.2) is 65.0 Å². The summed E-state index contributed by atoms with van der Waals surface area (Å²) in [6, 6.07) is 15.4. The van der Waals surface area contributed by atoms with Gasteiger partial charge in [0, 0.05) is 16.5 Å². The molecular formula is C23H23ClN4O2S. The van der Waals surface area contributed by atoms with Crippen molar-refractivity contribution in [1.82, 2.24) is 14.8 Å². The smallest absolute Gasteiger partial charge is 0.338 e. The summed E-state index contributed by atoms with van der Waals surface area (Å²) in [6.45, 7) is 6.01. The number of nitrogens with one attached hydrogen (secondary N) is 1. The van der Waals surface area contributed by atoms with E-state index in [0.29, 0.717) is 34.1 Å².